The van der Waals surface area contributed by atoms with E-state index in [4.69, 9.17) is 9.88 Å². The molecule has 7 nitrogen and oxygen atoms in total. The molecule has 1 aliphatic rings. The highest BCUT2D eigenvalue weighted by atomic mass is 32.2. The molecule has 1 aromatic carbocycles. The number of esters is 1. The first kappa shape index (κ1) is 19.5. The lowest BCUT2D eigenvalue weighted by Crippen LogP contribution is -2.29. The number of nitrogens with one attached hydrogen (secondary N) is 1. The molecule has 0 spiro atoms. The SMILES string of the molecule is CC(OC(=O)c1cc2c(s1)CCCC2)C(=O)Nc1cccc(S(N)(=O)=O)c1. The lowest BCUT2D eigenvalue weighted by atomic mass is 9.99. The third kappa shape index (κ3) is 4.74. The van der Waals surface area contributed by atoms with Crippen LogP contribution in [0.1, 0.15) is 39.9 Å². The van der Waals surface area contributed by atoms with E-state index in [1.165, 1.54) is 53.0 Å². The van der Waals surface area contributed by atoms with Crippen LogP contribution in [0.4, 0.5) is 5.69 Å². The maximum absolute atomic E-state index is 12.3. The number of primary sulfonamides is 1. The van der Waals surface area contributed by atoms with Crippen molar-refractivity contribution in [2.45, 2.75) is 43.6 Å². The Hall–Kier alpha value is -2.23. The summed E-state index contributed by atoms with van der Waals surface area (Å²) in [4.78, 5) is 26.2. The van der Waals surface area contributed by atoms with Gasteiger partial charge in [0.25, 0.3) is 5.91 Å². The lowest BCUT2D eigenvalue weighted by Gasteiger charge is -2.13. The van der Waals surface area contributed by atoms with Crippen molar-refractivity contribution in [3.63, 3.8) is 0 Å². The number of hydrogen-bond donors (Lipinski definition) is 2. The predicted octanol–water partition coefficient (Wildman–Crippen LogP) is 2.46. The Bertz CT molecular complexity index is 958. The van der Waals surface area contributed by atoms with Gasteiger partial charge in [0.1, 0.15) is 4.88 Å². The number of thiophene rings is 1. The highest BCUT2D eigenvalue weighted by molar-refractivity contribution is 7.89. The van der Waals surface area contributed by atoms with Crippen LogP contribution in [-0.4, -0.2) is 26.4 Å². The number of sulfonamides is 1. The highest BCUT2D eigenvalue weighted by Crippen LogP contribution is 2.30. The molecular formula is C18H20N2O5S2. The molecule has 0 saturated heterocycles. The summed E-state index contributed by atoms with van der Waals surface area (Å²) in [7, 11) is -3.87. The van der Waals surface area contributed by atoms with E-state index < -0.39 is 28.0 Å². The molecule has 0 aliphatic heterocycles. The fourth-order valence-electron chi connectivity index (χ4n) is 2.86. The first-order valence-electron chi connectivity index (χ1n) is 8.50. The van der Waals surface area contributed by atoms with E-state index in [-0.39, 0.29) is 10.6 Å². The number of carbonyl (C=O) groups is 2. The Balaban J connectivity index is 1.64. The second-order valence-electron chi connectivity index (χ2n) is 6.38. The molecule has 1 aliphatic carbocycles. The summed E-state index contributed by atoms with van der Waals surface area (Å²) >= 11 is 1.42. The third-order valence-corrected chi connectivity index (χ3v) is 6.41. The first-order valence-corrected chi connectivity index (χ1v) is 10.9. The molecule has 1 heterocycles. The molecule has 3 N–H and O–H groups in total. The summed E-state index contributed by atoms with van der Waals surface area (Å²) in [6, 6.07) is 7.40. The molecule has 144 valence electrons. The van der Waals surface area contributed by atoms with Crippen molar-refractivity contribution < 1.29 is 22.7 Å². The molecule has 2 aromatic rings. The molecule has 9 heteroatoms. The summed E-state index contributed by atoms with van der Waals surface area (Å²) in [5, 5.41) is 7.61. The number of nitrogens with two attached hydrogens (primary N) is 1. The summed E-state index contributed by atoms with van der Waals surface area (Å²) < 4.78 is 28.0. The van der Waals surface area contributed by atoms with Crippen LogP contribution in [-0.2, 0) is 32.4 Å². The Kier molecular flexibility index (Phi) is 5.64. The minimum absolute atomic E-state index is 0.117. The monoisotopic (exact) mass is 408 g/mol. The zero-order chi connectivity index (χ0) is 19.6. The van der Waals surface area contributed by atoms with Crippen molar-refractivity contribution in [2.75, 3.05) is 5.32 Å². The average molecular weight is 409 g/mol. The van der Waals surface area contributed by atoms with Gasteiger partial charge in [-0.05, 0) is 62.4 Å². The number of ether oxygens (including phenoxy) is 1. The Morgan fingerprint density at radius 1 is 1.22 bits per heavy atom. The van der Waals surface area contributed by atoms with Gasteiger partial charge in [-0.25, -0.2) is 18.4 Å². The van der Waals surface area contributed by atoms with Gasteiger partial charge in [0.15, 0.2) is 6.10 Å². The summed E-state index contributed by atoms with van der Waals surface area (Å²) in [6.45, 7) is 1.46. The van der Waals surface area contributed by atoms with Crippen LogP contribution in [0, 0.1) is 0 Å². The van der Waals surface area contributed by atoms with Gasteiger partial charge in [0.05, 0.1) is 4.90 Å². The molecule has 1 amide bonds. The Labute approximate surface area is 161 Å². The minimum Gasteiger partial charge on any atom is -0.448 e. The van der Waals surface area contributed by atoms with Gasteiger partial charge in [-0.15, -0.1) is 11.3 Å². The third-order valence-electron chi connectivity index (χ3n) is 4.28. The maximum Gasteiger partial charge on any atom is 0.349 e. The van der Waals surface area contributed by atoms with Gasteiger partial charge in [0, 0.05) is 10.6 Å². The van der Waals surface area contributed by atoms with Crippen molar-refractivity contribution in [3.05, 3.63) is 45.6 Å². The fraction of sp³-hybridized carbons (Fsp3) is 0.333. The molecule has 0 fully saturated rings. The number of anilines is 1. The maximum atomic E-state index is 12.3. The van der Waals surface area contributed by atoms with Crippen LogP contribution >= 0.6 is 11.3 Å². The van der Waals surface area contributed by atoms with Gasteiger partial charge in [-0.1, -0.05) is 6.07 Å². The van der Waals surface area contributed by atoms with E-state index in [0.717, 1.165) is 25.7 Å². The number of carbonyl (C=O) groups excluding carboxylic acids is 2. The van der Waals surface area contributed by atoms with Crippen LogP contribution in [0.3, 0.4) is 0 Å². The van der Waals surface area contributed by atoms with Crippen molar-refractivity contribution >= 4 is 38.9 Å². The van der Waals surface area contributed by atoms with E-state index in [2.05, 4.69) is 5.32 Å². The largest absolute Gasteiger partial charge is 0.448 e. The van der Waals surface area contributed by atoms with Crippen molar-refractivity contribution in [2.24, 2.45) is 5.14 Å². The van der Waals surface area contributed by atoms with Gasteiger partial charge in [0.2, 0.25) is 10.0 Å². The first-order chi connectivity index (χ1) is 12.7. The van der Waals surface area contributed by atoms with Crippen LogP contribution < -0.4 is 10.5 Å². The lowest BCUT2D eigenvalue weighted by molar-refractivity contribution is -0.123. The fourth-order valence-corrected chi connectivity index (χ4v) is 4.55. The molecule has 3 rings (SSSR count). The number of rotatable bonds is 5. The van der Waals surface area contributed by atoms with Crippen LogP contribution in [0.5, 0.6) is 0 Å². The molecule has 27 heavy (non-hydrogen) atoms. The smallest absolute Gasteiger partial charge is 0.349 e. The van der Waals surface area contributed by atoms with E-state index in [9.17, 15) is 18.0 Å². The molecule has 0 saturated carbocycles. The van der Waals surface area contributed by atoms with E-state index in [0.29, 0.717) is 4.88 Å². The van der Waals surface area contributed by atoms with Gasteiger partial charge in [-0.3, -0.25) is 4.79 Å². The second kappa shape index (κ2) is 7.79. The van der Waals surface area contributed by atoms with Gasteiger partial charge in [-0.2, -0.15) is 0 Å². The van der Waals surface area contributed by atoms with Crippen molar-refractivity contribution in [1.82, 2.24) is 0 Å². The standard InChI is InChI=1S/C18H20N2O5S2/c1-11(17(21)20-13-6-4-7-14(10-13)27(19,23)24)25-18(22)16-9-12-5-2-3-8-15(12)26-16/h4,6-7,9-11H,2-3,5,8H2,1H3,(H,20,21)(H2,19,23,24). The number of amides is 1. The van der Waals surface area contributed by atoms with E-state index in [1.54, 1.807) is 0 Å². The topological polar surface area (TPSA) is 116 Å². The van der Waals surface area contributed by atoms with Gasteiger partial charge < -0.3 is 10.1 Å². The van der Waals surface area contributed by atoms with Crippen LogP contribution in [0.15, 0.2) is 35.2 Å². The molecular weight excluding hydrogens is 388 g/mol. The number of aryl methyl sites for hydroxylation is 2. The second-order valence-corrected chi connectivity index (χ2v) is 9.07. The van der Waals surface area contributed by atoms with Gasteiger partial charge >= 0.3 is 5.97 Å². The number of hydrogen-bond acceptors (Lipinski definition) is 6. The predicted molar refractivity (Wildman–Crippen MR) is 102 cm³/mol. The number of benzene rings is 1. The zero-order valence-electron chi connectivity index (χ0n) is 14.7. The van der Waals surface area contributed by atoms with Crippen molar-refractivity contribution in [1.29, 1.82) is 0 Å². The summed E-state index contributed by atoms with van der Waals surface area (Å²) in [5.41, 5.74) is 1.44. The normalized spacial score (nSPS) is 14.9. The zero-order valence-corrected chi connectivity index (χ0v) is 16.4. The van der Waals surface area contributed by atoms with Crippen molar-refractivity contribution in [3.8, 4) is 0 Å². The van der Waals surface area contributed by atoms with Crippen LogP contribution in [0.25, 0.3) is 0 Å². The van der Waals surface area contributed by atoms with E-state index >= 15 is 0 Å². The summed E-state index contributed by atoms with van der Waals surface area (Å²) in [5.74, 6) is -1.09. The molecule has 0 radical (unpaired) electrons. The highest BCUT2D eigenvalue weighted by Gasteiger charge is 2.23. The quantitative estimate of drug-likeness (QED) is 0.738. The molecule has 1 atom stereocenters. The average Bonchev–Trinajstić information content (AvgIpc) is 3.05. The summed E-state index contributed by atoms with van der Waals surface area (Å²) in [6.07, 6.45) is 3.15. The molecule has 0 bridgehead atoms. The van der Waals surface area contributed by atoms with Crippen LogP contribution in [0.2, 0.25) is 0 Å². The minimum atomic E-state index is -3.87. The van der Waals surface area contributed by atoms with E-state index in [1.807, 2.05) is 6.07 Å². The Morgan fingerprint density at radius 2 is 1.96 bits per heavy atom. The molecule has 1 unspecified atom stereocenters. The Morgan fingerprint density at radius 3 is 2.67 bits per heavy atom. The molecule has 1 aromatic heterocycles. The number of fused-ring (bicyclic) bond motifs is 1.